The molecule has 0 amide bonds. The van der Waals surface area contributed by atoms with Gasteiger partial charge in [0.2, 0.25) is 5.82 Å². The van der Waals surface area contributed by atoms with Gasteiger partial charge in [-0.1, -0.05) is 0 Å². The van der Waals surface area contributed by atoms with Gasteiger partial charge in [0, 0.05) is 23.4 Å². The predicted octanol–water partition coefficient (Wildman–Crippen LogP) is 2.55. The molecule has 3 aromatic rings. The average molecular weight is 426 g/mol. The van der Waals surface area contributed by atoms with Crippen molar-refractivity contribution in [1.82, 2.24) is 25.2 Å². The second-order valence-electron chi connectivity index (χ2n) is 6.13. The molecule has 0 unspecified atom stereocenters. The molecule has 2 heterocycles. The van der Waals surface area contributed by atoms with E-state index < -0.39 is 47.3 Å². The first-order chi connectivity index (χ1) is 14.2. The third-order valence-electron chi connectivity index (χ3n) is 3.76. The number of hydrogen-bond donors (Lipinski definition) is 2. The Labute approximate surface area is 166 Å². The number of nitrogens with zero attached hydrogens (tertiary/aromatic N) is 5. The number of nitrogens with two attached hydrogens (primary N) is 1. The predicted molar refractivity (Wildman–Crippen MR) is 92.7 cm³/mol. The van der Waals surface area contributed by atoms with Crippen LogP contribution in [0.25, 0.3) is 11.4 Å². The minimum Gasteiger partial charge on any atom is -0.481 e. The normalized spacial score (nSPS) is 12.2. The summed E-state index contributed by atoms with van der Waals surface area (Å²) in [5.74, 6) is -4.18. The van der Waals surface area contributed by atoms with Crippen molar-refractivity contribution in [1.29, 1.82) is 0 Å². The summed E-state index contributed by atoms with van der Waals surface area (Å²) in [5.41, 5.74) is 5.22. The first-order valence-electron chi connectivity index (χ1n) is 8.39. The molecular weight excluding hydrogens is 412 g/mol. The topological polar surface area (TPSA) is 129 Å². The van der Waals surface area contributed by atoms with Gasteiger partial charge in [0.1, 0.15) is 0 Å². The van der Waals surface area contributed by atoms with E-state index in [1.165, 1.54) is 6.07 Å². The third kappa shape index (κ3) is 5.05. The molecule has 0 fully saturated rings. The average Bonchev–Trinajstić information content (AvgIpc) is 3.12. The summed E-state index contributed by atoms with van der Waals surface area (Å²) in [4.78, 5) is 15.1. The second-order valence-corrected chi connectivity index (χ2v) is 6.13. The van der Waals surface area contributed by atoms with Crippen LogP contribution >= 0.6 is 0 Å². The van der Waals surface area contributed by atoms with Gasteiger partial charge in [-0.05, 0) is 29.5 Å². The van der Waals surface area contributed by atoms with E-state index in [1.807, 2.05) is 0 Å². The molecule has 0 radical (unpaired) electrons. The molecule has 0 aliphatic carbocycles. The number of aromatic nitrogens is 5. The van der Waals surface area contributed by atoms with Crippen LogP contribution in [0.15, 0.2) is 30.5 Å². The molecule has 3 N–H and O–H groups in total. The van der Waals surface area contributed by atoms with Crippen molar-refractivity contribution in [2.45, 2.75) is 25.4 Å². The zero-order chi connectivity index (χ0) is 21.8. The van der Waals surface area contributed by atoms with Crippen LogP contribution in [0.3, 0.4) is 0 Å². The third-order valence-corrected chi connectivity index (χ3v) is 3.76. The monoisotopic (exact) mass is 426 g/mol. The van der Waals surface area contributed by atoms with Gasteiger partial charge in [-0.3, -0.25) is 4.79 Å². The van der Waals surface area contributed by atoms with Gasteiger partial charge in [-0.2, -0.15) is 4.80 Å². The summed E-state index contributed by atoms with van der Waals surface area (Å²) in [7, 11) is 0. The molecule has 3 rings (SSSR count). The number of tetrazole rings is 1. The fourth-order valence-corrected chi connectivity index (χ4v) is 2.40. The van der Waals surface area contributed by atoms with E-state index >= 15 is 0 Å². The number of carboxylic acid groups (broad SMARTS) is 1. The van der Waals surface area contributed by atoms with Gasteiger partial charge >= 0.3 is 5.97 Å². The Morgan fingerprint density at radius 2 is 2.00 bits per heavy atom. The summed E-state index contributed by atoms with van der Waals surface area (Å²) in [6, 6.07) is 3.33. The van der Waals surface area contributed by atoms with Crippen molar-refractivity contribution in [2.24, 2.45) is 5.73 Å². The molecule has 0 aliphatic heterocycles. The lowest BCUT2D eigenvalue weighted by Crippen LogP contribution is -2.30. The number of benzene rings is 1. The lowest BCUT2D eigenvalue weighted by molar-refractivity contribution is -0.137. The quantitative estimate of drug-likeness (QED) is 0.526. The molecule has 9 nitrogen and oxygen atoms in total. The number of halogens is 4. The van der Waals surface area contributed by atoms with Crippen molar-refractivity contribution in [3.63, 3.8) is 0 Å². The number of hydrogen-bond acceptors (Lipinski definition) is 7. The number of rotatable bonds is 8. The zero-order valence-corrected chi connectivity index (χ0v) is 15.0. The Morgan fingerprint density at radius 3 is 2.63 bits per heavy atom. The Bertz CT molecular complexity index is 1060. The first kappa shape index (κ1) is 21.1. The minimum absolute atomic E-state index is 0.0114. The number of pyridine rings is 1. The highest BCUT2D eigenvalue weighted by Crippen LogP contribution is 2.29. The number of carbonyl (C=O) groups is 1. The van der Waals surface area contributed by atoms with Gasteiger partial charge in [0.25, 0.3) is 12.3 Å². The van der Waals surface area contributed by atoms with Crippen molar-refractivity contribution in [3.05, 3.63) is 47.7 Å². The van der Waals surface area contributed by atoms with Crippen LogP contribution in [0.1, 0.15) is 18.4 Å². The number of aliphatic carboxylic acids is 1. The van der Waals surface area contributed by atoms with E-state index in [2.05, 4.69) is 20.4 Å². The van der Waals surface area contributed by atoms with E-state index in [-0.39, 0.29) is 24.4 Å². The van der Waals surface area contributed by atoms with Crippen LogP contribution in [-0.4, -0.2) is 42.3 Å². The molecular formula is C17H14F4N6O3. The molecule has 0 spiro atoms. The fraction of sp³-hybridized carbons (Fsp3) is 0.235. The number of carboxylic acids is 1. The van der Waals surface area contributed by atoms with Gasteiger partial charge in [0.15, 0.2) is 17.4 Å². The summed E-state index contributed by atoms with van der Waals surface area (Å²) in [5, 5.41) is 20.2. The molecule has 2 aromatic heterocycles. The Morgan fingerprint density at radius 1 is 1.23 bits per heavy atom. The zero-order valence-electron chi connectivity index (χ0n) is 15.0. The highest BCUT2D eigenvalue weighted by atomic mass is 19.3. The van der Waals surface area contributed by atoms with Gasteiger partial charge in [0.05, 0.1) is 13.0 Å². The lowest BCUT2D eigenvalue weighted by atomic mass is 10.2. The van der Waals surface area contributed by atoms with E-state index in [9.17, 15) is 22.4 Å². The van der Waals surface area contributed by atoms with Gasteiger partial charge in [-0.15, -0.1) is 10.2 Å². The molecule has 0 saturated carbocycles. The molecule has 0 aliphatic rings. The van der Waals surface area contributed by atoms with Crippen LogP contribution in [0.4, 0.5) is 17.6 Å². The Kier molecular flexibility index (Phi) is 6.20. The number of alkyl halides is 2. The molecule has 13 heteroatoms. The molecule has 1 atom stereocenters. The van der Waals surface area contributed by atoms with Crippen LogP contribution in [0, 0.1) is 11.6 Å². The molecule has 1 aromatic carbocycles. The van der Waals surface area contributed by atoms with Crippen molar-refractivity contribution >= 4 is 5.97 Å². The lowest BCUT2D eigenvalue weighted by Gasteiger charge is -2.08. The van der Waals surface area contributed by atoms with Gasteiger partial charge < -0.3 is 15.6 Å². The highest BCUT2D eigenvalue weighted by molar-refractivity contribution is 5.67. The maximum absolute atomic E-state index is 14.4. The minimum atomic E-state index is -2.91. The van der Waals surface area contributed by atoms with E-state index in [4.69, 9.17) is 15.6 Å². The second kappa shape index (κ2) is 8.82. The molecule has 158 valence electrons. The fourth-order valence-electron chi connectivity index (χ4n) is 2.40. The SMILES string of the molecule is N[C@@H](CC(=O)O)Cn1nnc(-c2ccc(Oc3ncc(C(F)F)cc3F)c(F)c2)n1. The van der Waals surface area contributed by atoms with Crippen LogP contribution in [0.2, 0.25) is 0 Å². The standard InChI is InChI=1S/C17H14F4N6O3/c18-11-3-8(16-24-26-27(25-16)7-10(22)5-14(28)29)1-2-13(11)30-17-12(19)4-9(6-23-17)15(20)21/h1-4,6,10,15H,5,7,22H2,(H,28,29)/t10-/m0/s1. The van der Waals surface area contributed by atoms with Gasteiger partial charge in [-0.25, -0.2) is 22.5 Å². The van der Waals surface area contributed by atoms with Crippen molar-refractivity contribution < 1.29 is 32.2 Å². The smallest absolute Gasteiger partial charge is 0.304 e. The maximum Gasteiger partial charge on any atom is 0.304 e. The Balaban J connectivity index is 1.74. The maximum atomic E-state index is 14.4. The molecule has 0 saturated heterocycles. The Hall–Kier alpha value is -3.61. The van der Waals surface area contributed by atoms with E-state index in [0.717, 1.165) is 23.1 Å². The van der Waals surface area contributed by atoms with E-state index in [0.29, 0.717) is 6.07 Å². The number of ether oxygens (including phenoxy) is 1. The first-order valence-corrected chi connectivity index (χ1v) is 8.39. The van der Waals surface area contributed by atoms with E-state index in [1.54, 1.807) is 0 Å². The van der Waals surface area contributed by atoms with Crippen molar-refractivity contribution in [3.8, 4) is 23.0 Å². The largest absolute Gasteiger partial charge is 0.481 e. The van der Waals surface area contributed by atoms with Crippen molar-refractivity contribution in [2.75, 3.05) is 0 Å². The highest BCUT2D eigenvalue weighted by Gasteiger charge is 2.17. The molecule has 0 bridgehead atoms. The van der Waals surface area contributed by atoms with Crippen LogP contribution in [-0.2, 0) is 11.3 Å². The summed E-state index contributed by atoms with van der Waals surface area (Å²) in [6.07, 6.45) is -2.47. The summed E-state index contributed by atoms with van der Waals surface area (Å²) in [6.45, 7) is -0.0114. The summed E-state index contributed by atoms with van der Waals surface area (Å²) >= 11 is 0. The van der Waals surface area contributed by atoms with Crippen LogP contribution in [0.5, 0.6) is 11.6 Å². The van der Waals surface area contributed by atoms with Crippen LogP contribution < -0.4 is 10.5 Å². The molecule has 30 heavy (non-hydrogen) atoms. The summed E-state index contributed by atoms with van der Waals surface area (Å²) < 4.78 is 58.3.